The number of aliphatic carboxylic acids is 1. The molecule has 0 aromatic carbocycles. The highest BCUT2D eigenvalue weighted by Gasteiger charge is 2.67. The number of likely N-dealkylation sites (N-methyl/N-ethyl adjacent to an activating group) is 1. The summed E-state index contributed by atoms with van der Waals surface area (Å²) < 4.78 is -2.02. The number of quaternary nitrogens is 1. The Morgan fingerprint density at radius 1 is 1.00 bits per heavy atom. The third kappa shape index (κ3) is 2.44. The lowest BCUT2D eigenvalue weighted by Crippen LogP contribution is -2.78. The van der Waals surface area contributed by atoms with Crippen LogP contribution in [0.2, 0.25) is 0 Å². The molecule has 0 aliphatic rings. The minimum absolute atomic E-state index is 0.557. The molecule has 108 valence electrons. The monoisotopic (exact) mass is 274 g/mol. The molecule has 1 unspecified atom stereocenters. The van der Waals surface area contributed by atoms with Crippen LogP contribution in [0.3, 0.4) is 0 Å². The molecule has 0 aromatic heterocycles. The highest BCUT2D eigenvalue weighted by molar-refractivity contribution is 5.75. The van der Waals surface area contributed by atoms with Gasteiger partial charge in [-0.3, -0.25) is 15.3 Å². The van der Waals surface area contributed by atoms with E-state index in [0.717, 1.165) is 0 Å². The minimum atomic E-state index is -4.01. The normalized spacial score (nSPS) is 16.6. The molecule has 9 N–H and O–H groups in total. The largest absolute Gasteiger partial charge is 0.477 e. The van der Waals surface area contributed by atoms with Crippen molar-refractivity contribution in [2.75, 3.05) is 14.1 Å². The number of nitrogens with zero attached hydrogens (tertiary/aromatic N) is 1. The van der Waals surface area contributed by atoms with Crippen LogP contribution in [0.25, 0.3) is 0 Å². The molecule has 0 aliphatic heterocycles. The highest BCUT2D eigenvalue weighted by Crippen LogP contribution is 2.30. The molecule has 0 heterocycles. The fourth-order valence-corrected chi connectivity index (χ4v) is 0.913. The van der Waals surface area contributed by atoms with E-state index in [4.69, 9.17) is 30.6 Å². The first-order chi connectivity index (χ1) is 7.60. The van der Waals surface area contributed by atoms with Crippen molar-refractivity contribution in [1.82, 2.24) is 0 Å². The molecule has 0 saturated heterocycles. The van der Waals surface area contributed by atoms with Gasteiger partial charge >= 0.3 is 23.8 Å². The van der Waals surface area contributed by atoms with Crippen LogP contribution in [0.4, 0.5) is 0 Å². The molecule has 0 radical (unpaired) electrons. The van der Waals surface area contributed by atoms with E-state index >= 15 is 0 Å². The third-order valence-corrected chi connectivity index (χ3v) is 2.64. The second kappa shape index (κ2) is 4.34. The Labute approximate surface area is 100 Å². The summed E-state index contributed by atoms with van der Waals surface area (Å²) in [5, 5.41) is 81.0. The summed E-state index contributed by atoms with van der Waals surface area (Å²) in [5.41, 5.74) is 0. The Balaban J connectivity index is 5.60. The average Bonchev–Trinajstić information content (AvgIpc) is 2.13. The van der Waals surface area contributed by atoms with Gasteiger partial charge < -0.3 is 30.6 Å². The minimum Gasteiger partial charge on any atom is -0.477 e. The maximum Gasteiger partial charge on any atom is 0.446 e. The van der Waals surface area contributed by atoms with Gasteiger partial charge in [-0.05, 0) is 0 Å². The molecule has 0 aromatic rings. The lowest BCUT2D eigenvalue weighted by Gasteiger charge is -2.46. The van der Waals surface area contributed by atoms with Crippen molar-refractivity contribution in [3.8, 4) is 0 Å². The fourth-order valence-electron chi connectivity index (χ4n) is 0.913. The number of carboxylic acids is 1. The second-order valence-corrected chi connectivity index (χ2v) is 4.17. The maximum absolute atomic E-state index is 10.4. The molecule has 18 heavy (non-hydrogen) atoms. The highest BCUT2D eigenvalue weighted by atomic mass is 16.7. The lowest BCUT2D eigenvalue weighted by molar-refractivity contribution is -1.10. The molecular weight excluding hydrogens is 258 g/mol. The van der Waals surface area contributed by atoms with E-state index in [1.165, 1.54) is 0 Å². The van der Waals surface area contributed by atoms with E-state index in [9.17, 15) is 20.1 Å². The van der Waals surface area contributed by atoms with Gasteiger partial charge in [-0.2, -0.15) is 4.48 Å². The first-order valence-corrected chi connectivity index (χ1v) is 4.42. The Hall–Kier alpha value is -0.890. The van der Waals surface area contributed by atoms with Gasteiger partial charge in [0.25, 0.3) is 0 Å². The molecule has 0 fully saturated rings. The van der Waals surface area contributed by atoms with Crippen molar-refractivity contribution in [1.29, 1.82) is 0 Å². The van der Waals surface area contributed by atoms with Crippen LogP contribution in [0.15, 0.2) is 0 Å². The van der Waals surface area contributed by atoms with Crippen molar-refractivity contribution in [3.05, 3.63) is 0 Å². The SMILES string of the molecule is C[N+](C)(C(O)(O)O)C(O)(O)C(O)C(O)(O)C(=O)O. The average molecular weight is 274 g/mol. The van der Waals surface area contributed by atoms with Gasteiger partial charge in [0.15, 0.2) is 0 Å². The Morgan fingerprint density at radius 3 is 1.56 bits per heavy atom. The maximum atomic E-state index is 10.4. The summed E-state index contributed by atoms with van der Waals surface area (Å²) in [4.78, 5) is 10.4. The molecule has 0 rings (SSSR count). The van der Waals surface area contributed by atoms with Gasteiger partial charge in [0, 0.05) is 0 Å². The summed E-state index contributed by atoms with van der Waals surface area (Å²) in [6.45, 7) is 0. The van der Waals surface area contributed by atoms with Gasteiger partial charge in [0.05, 0.1) is 14.1 Å². The van der Waals surface area contributed by atoms with Crippen molar-refractivity contribution >= 4 is 5.97 Å². The van der Waals surface area contributed by atoms with Crippen molar-refractivity contribution in [2.24, 2.45) is 0 Å². The van der Waals surface area contributed by atoms with Crippen LogP contribution in [0, 0.1) is 0 Å². The number of carbonyl (C=O) groups is 1. The smallest absolute Gasteiger partial charge is 0.446 e. The summed E-state index contributed by atoms with van der Waals surface area (Å²) in [5.74, 6) is -10.3. The number of hydrogen-bond acceptors (Lipinski definition) is 9. The Morgan fingerprint density at radius 2 is 1.33 bits per heavy atom. The summed E-state index contributed by atoms with van der Waals surface area (Å²) >= 11 is 0. The van der Waals surface area contributed by atoms with E-state index < -0.39 is 34.4 Å². The van der Waals surface area contributed by atoms with E-state index in [1.807, 2.05) is 0 Å². The van der Waals surface area contributed by atoms with Crippen LogP contribution in [-0.2, 0) is 4.79 Å². The van der Waals surface area contributed by atoms with E-state index in [2.05, 4.69) is 0 Å². The molecular formula is C7H16NO10+. The molecule has 0 amide bonds. The number of carboxylic acid groups (broad SMARTS) is 1. The molecule has 0 saturated carbocycles. The van der Waals surface area contributed by atoms with E-state index in [0.29, 0.717) is 14.1 Å². The topological polar surface area (TPSA) is 199 Å². The van der Waals surface area contributed by atoms with Crippen LogP contribution < -0.4 is 0 Å². The zero-order valence-corrected chi connectivity index (χ0v) is 9.46. The van der Waals surface area contributed by atoms with Crippen molar-refractivity contribution < 1.29 is 55.2 Å². The van der Waals surface area contributed by atoms with Gasteiger partial charge in [0.1, 0.15) is 0 Å². The number of aliphatic hydroxyl groups excluding tert-OH is 1. The Bertz CT molecular complexity index is 330. The molecule has 0 spiro atoms. The zero-order chi connectivity index (χ0) is 15.2. The fraction of sp³-hybridized carbons (Fsp3) is 0.857. The van der Waals surface area contributed by atoms with Crippen molar-refractivity contribution in [3.63, 3.8) is 0 Å². The standard InChI is InChI=1S/C7H15NO10/c1-8(2,7(16,17)18)6(14,15)3(9)5(12,13)4(10)11/h3,9,12-18H,1-2H3/p+1. The van der Waals surface area contributed by atoms with Gasteiger partial charge in [-0.15, -0.1) is 0 Å². The summed E-state index contributed by atoms with van der Waals surface area (Å²) in [6, 6.07) is 0. The van der Waals surface area contributed by atoms with Gasteiger partial charge in [0.2, 0.25) is 6.10 Å². The van der Waals surface area contributed by atoms with E-state index in [1.54, 1.807) is 0 Å². The summed E-state index contributed by atoms with van der Waals surface area (Å²) in [7, 11) is 1.11. The Kier molecular flexibility index (Phi) is 4.13. The molecule has 11 nitrogen and oxygen atoms in total. The second-order valence-electron chi connectivity index (χ2n) is 4.17. The van der Waals surface area contributed by atoms with E-state index in [-0.39, 0.29) is 0 Å². The molecule has 11 heteroatoms. The first-order valence-electron chi connectivity index (χ1n) is 4.42. The molecule has 1 atom stereocenters. The molecule has 0 bridgehead atoms. The predicted octanol–water partition coefficient (Wildman–Crippen LogP) is -5.58. The van der Waals surface area contributed by atoms with Crippen LogP contribution in [-0.4, -0.2) is 94.4 Å². The van der Waals surface area contributed by atoms with Crippen LogP contribution in [0.1, 0.15) is 0 Å². The van der Waals surface area contributed by atoms with Crippen LogP contribution in [0.5, 0.6) is 0 Å². The first kappa shape index (κ1) is 17.1. The quantitative estimate of drug-likeness (QED) is 0.172. The predicted molar refractivity (Wildman–Crippen MR) is 49.5 cm³/mol. The zero-order valence-electron chi connectivity index (χ0n) is 9.46. The van der Waals surface area contributed by atoms with Crippen molar-refractivity contribution in [2.45, 2.75) is 23.9 Å². The number of hydrogen-bond donors (Lipinski definition) is 9. The van der Waals surface area contributed by atoms with Crippen LogP contribution >= 0.6 is 0 Å². The number of rotatable bonds is 5. The third-order valence-electron chi connectivity index (χ3n) is 2.64. The summed E-state index contributed by atoms with van der Waals surface area (Å²) in [6.07, 6.45) is -7.03. The lowest BCUT2D eigenvalue weighted by atomic mass is 10.0. The van der Waals surface area contributed by atoms with Gasteiger partial charge in [-0.1, -0.05) is 0 Å². The van der Waals surface area contributed by atoms with Gasteiger partial charge in [-0.25, -0.2) is 4.79 Å². The number of aliphatic hydroxyl groups is 8. The molecule has 0 aliphatic carbocycles.